The standard InChI is InChI=1S/C16H17N3O/c1-10-8-9-15(20-10)12(3)17-16-14-7-5-4-6-13(14)11(2)18-19-16/h4-9,12H,1-3H3,(H,17,19). The molecular weight excluding hydrogens is 250 g/mol. The fraction of sp³-hybridized carbons (Fsp3) is 0.250. The van der Waals surface area contributed by atoms with Crippen LogP contribution in [0.1, 0.15) is 30.2 Å². The van der Waals surface area contributed by atoms with Gasteiger partial charge in [0.05, 0.1) is 11.7 Å². The van der Waals surface area contributed by atoms with E-state index in [1.807, 2.05) is 38.1 Å². The summed E-state index contributed by atoms with van der Waals surface area (Å²) in [6.45, 7) is 5.96. The fourth-order valence-corrected chi connectivity index (χ4v) is 2.31. The summed E-state index contributed by atoms with van der Waals surface area (Å²) in [4.78, 5) is 0. The first-order valence-corrected chi connectivity index (χ1v) is 6.70. The summed E-state index contributed by atoms with van der Waals surface area (Å²) in [5, 5.41) is 14.1. The molecule has 1 N–H and O–H groups in total. The van der Waals surface area contributed by atoms with E-state index in [2.05, 4.69) is 34.6 Å². The van der Waals surface area contributed by atoms with Gasteiger partial charge in [-0.3, -0.25) is 0 Å². The Hall–Kier alpha value is -2.36. The van der Waals surface area contributed by atoms with Crippen molar-refractivity contribution in [3.05, 3.63) is 53.6 Å². The highest BCUT2D eigenvalue weighted by Crippen LogP contribution is 2.26. The quantitative estimate of drug-likeness (QED) is 0.779. The maximum absolute atomic E-state index is 5.64. The predicted molar refractivity (Wildman–Crippen MR) is 79.8 cm³/mol. The van der Waals surface area contributed by atoms with Crippen LogP contribution in [0.4, 0.5) is 5.82 Å². The van der Waals surface area contributed by atoms with E-state index in [1.54, 1.807) is 0 Å². The third kappa shape index (κ3) is 2.25. The van der Waals surface area contributed by atoms with Crippen LogP contribution in [0.25, 0.3) is 10.8 Å². The lowest BCUT2D eigenvalue weighted by Crippen LogP contribution is -2.08. The van der Waals surface area contributed by atoms with Gasteiger partial charge in [0.25, 0.3) is 0 Å². The number of nitrogens with one attached hydrogen (secondary N) is 1. The molecule has 102 valence electrons. The molecule has 1 unspecified atom stereocenters. The number of nitrogens with zero attached hydrogens (tertiary/aromatic N) is 2. The van der Waals surface area contributed by atoms with Gasteiger partial charge in [0.1, 0.15) is 11.5 Å². The van der Waals surface area contributed by atoms with Crippen LogP contribution in [-0.4, -0.2) is 10.2 Å². The zero-order valence-corrected chi connectivity index (χ0v) is 11.8. The lowest BCUT2D eigenvalue weighted by Gasteiger charge is -2.14. The normalized spacial score (nSPS) is 12.6. The molecule has 0 radical (unpaired) electrons. The topological polar surface area (TPSA) is 51.0 Å². The second-order valence-corrected chi connectivity index (χ2v) is 4.99. The van der Waals surface area contributed by atoms with Crippen LogP contribution in [0, 0.1) is 13.8 Å². The molecule has 2 heterocycles. The Morgan fingerprint density at radius 1 is 1.00 bits per heavy atom. The van der Waals surface area contributed by atoms with Crippen LogP contribution in [0.3, 0.4) is 0 Å². The van der Waals surface area contributed by atoms with E-state index in [4.69, 9.17) is 4.42 Å². The van der Waals surface area contributed by atoms with E-state index < -0.39 is 0 Å². The Bertz CT molecular complexity index is 748. The number of aryl methyl sites for hydroxylation is 2. The van der Waals surface area contributed by atoms with Crippen molar-refractivity contribution in [1.29, 1.82) is 0 Å². The number of anilines is 1. The van der Waals surface area contributed by atoms with Gasteiger partial charge in [-0.1, -0.05) is 24.3 Å². The summed E-state index contributed by atoms with van der Waals surface area (Å²) in [6, 6.07) is 12.1. The van der Waals surface area contributed by atoms with Crippen molar-refractivity contribution in [2.75, 3.05) is 5.32 Å². The van der Waals surface area contributed by atoms with E-state index in [9.17, 15) is 0 Å². The average Bonchev–Trinajstić information content (AvgIpc) is 2.89. The third-order valence-corrected chi connectivity index (χ3v) is 3.41. The van der Waals surface area contributed by atoms with Crippen molar-refractivity contribution in [3.8, 4) is 0 Å². The van der Waals surface area contributed by atoms with Crippen LogP contribution >= 0.6 is 0 Å². The van der Waals surface area contributed by atoms with Gasteiger partial charge in [-0.05, 0) is 32.9 Å². The summed E-state index contributed by atoms with van der Waals surface area (Å²) in [6.07, 6.45) is 0. The Morgan fingerprint density at radius 2 is 1.75 bits per heavy atom. The molecule has 4 nitrogen and oxygen atoms in total. The number of hydrogen-bond donors (Lipinski definition) is 1. The van der Waals surface area contributed by atoms with Crippen molar-refractivity contribution in [3.63, 3.8) is 0 Å². The van der Waals surface area contributed by atoms with Gasteiger partial charge in [-0.2, -0.15) is 5.10 Å². The Morgan fingerprint density at radius 3 is 2.45 bits per heavy atom. The third-order valence-electron chi connectivity index (χ3n) is 3.41. The summed E-state index contributed by atoms with van der Waals surface area (Å²) < 4.78 is 5.64. The molecular formula is C16H17N3O. The summed E-state index contributed by atoms with van der Waals surface area (Å²) in [5.74, 6) is 2.59. The molecule has 0 saturated heterocycles. The summed E-state index contributed by atoms with van der Waals surface area (Å²) in [7, 11) is 0. The fourth-order valence-electron chi connectivity index (χ4n) is 2.31. The minimum atomic E-state index is 0.0455. The van der Waals surface area contributed by atoms with E-state index in [-0.39, 0.29) is 6.04 Å². The minimum absolute atomic E-state index is 0.0455. The highest BCUT2D eigenvalue weighted by atomic mass is 16.3. The van der Waals surface area contributed by atoms with Gasteiger partial charge in [-0.25, -0.2) is 0 Å². The first-order valence-electron chi connectivity index (χ1n) is 6.70. The van der Waals surface area contributed by atoms with Gasteiger partial charge < -0.3 is 9.73 Å². The first kappa shape index (κ1) is 12.7. The molecule has 0 aliphatic carbocycles. The molecule has 0 spiro atoms. The van der Waals surface area contributed by atoms with Gasteiger partial charge in [0.2, 0.25) is 0 Å². The number of rotatable bonds is 3. The van der Waals surface area contributed by atoms with Crippen molar-refractivity contribution < 1.29 is 4.42 Å². The van der Waals surface area contributed by atoms with Crippen molar-refractivity contribution in [2.24, 2.45) is 0 Å². The predicted octanol–water partition coefficient (Wildman–Crippen LogP) is 4.01. The molecule has 0 fully saturated rings. The van der Waals surface area contributed by atoms with Crippen LogP contribution < -0.4 is 5.32 Å². The highest BCUT2D eigenvalue weighted by molar-refractivity contribution is 5.92. The van der Waals surface area contributed by atoms with Crippen molar-refractivity contribution in [2.45, 2.75) is 26.8 Å². The Balaban J connectivity index is 1.97. The number of benzene rings is 1. The van der Waals surface area contributed by atoms with Crippen LogP contribution in [0.5, 0.6) is 0 Å². The first-order chi connectivity index (χ1) is 9.65. The van der Waals surface area contributed by atoms with Gasteiger partial charge in [0, 0.05) is 10.8 Å². The lowest BCUT2D eigenvalue weighted by atomic mass is 10.1. The molecule has 0 bridgehead atoms. The molecule has 0 aliphatic rings. The Labute approximate surface area is 117 Å². The number of aromatic nitrogens is 2. The van der Waals surface area contributed by atoms with Crippen molar-refractivity contribution in [1.82, 2.24) is 10.2 Å². The molecule has 3 aromatic rings. The van der Waals surface area contributed by atoms with E-state index in [0.29, 0.717) is 0 Å². The molecule has 1 atom stereocenters. The number of hydrogen-bond acceptors (Lipinski definition) is 4. The minimum Gasteiger partial charge on any atom is -0.464 e. The lowest BCUT2D eigenvalue weighted by molar-refractivity contribution is 0.466. The molecule has 0 amide bonds. The molecule has 0 saturated carbocycles. The van der Waals surface area contributed by atoms with Crippen LogP contribution in [0.2, 0.25) is 0 Å². The maximum Gasteiger partial charge on any atom is 0.157 e. The van der Waals surface area contributed by atoms with Crippen LogP contribution in [-0.2, 0) is 0 Å². The molecule has 1 aromatic carbocycles. The molecule has 3 rings (SSSR count). The molecule has 4 heteroatoms. The van der Waals surface area contributed by atoms with E-state index in [0.717, 1.165) is 33.8 Å². The summed E-state index contributed by atoms with van der Waals surface area (Å²) >= 11 is 0. The average molecular weight is 267 g/mol. The number of fused-ring (bicyclic) bond motifs is 1. The Kier molecular flexibility index (Phi) is 3.14. The van der Waals surface area contributed by atoms with E-state index >= 15 is 0 Å². The largest absolute Gasteiger partial charge is 0.464 e. The van der Waals surface area contributed by atoms with Gasteiger partial charge >= 0.3 is 0 Å². The molecule has 0 aliphatic heterocycles. The monoisotopic (exact) mass is 267 g/mol. The highest BCUT2D eigenvalue weighted by Gasteiger charge is 2.13. The number of furan rings is 1. The SMILES string of the molecule is Cc1ccc(C(C)Nc2nnc(C)c3ccccc23)o1. The zero-order valence-electron chi connectivity index (χ0n) is 11.8. The smallest absolute Gasteiger partial charge is 0.157 e. The zero-order chi connectivity index (χ0) is 14.1. The van der Waals surface area contributed by atoms with E-state index in [1.165, 1.54) is 0 Å². The van der Waals surface area contributed by atoms with Crippen molar-refractivity contribution >= 4 is 16.6 Å². The molecule has 20 heavy (non-hydrogen) atoms. The maximum atomic E-state index is 5.64. The molecule has 2 aromatic heterocycles. The van der Waals surface area contributed by atoms with Crippen LogP contribution in [0.15, 0.2) is 40.8 Å². The summed E-state index contributed by atoms with van der Waals surface area (Å²) in [5.41, 5.74) is 0.938. The van der Waals surface area contributed by atoms with Gasteiger partial charge in [0.15, 0.2) is 5.82 Å². The second-order valence-electron chi connectivity index (χ2n) is 4.99. The second kappa shape index (κ2) is 4.96. The van der Waals surface area contributed by atoms with Gasteiger partial charge in [-0.15, -0.1) is 5.10 Å².